The standard InChI is InChI=1S/C11H16N2O4/c1-2-8-6-13-10(17-8)7-12-9(14)4-3-5-11(15)16/h6H,2-5,7H2,1H3,(H,12,14)(H,15,16). The second kappa shape index (κ2) is 6.67. The van der Waals surface area contributed by atoms with Gasteiger partial charge >= 0.3 is 5.97 Å². The van der Waals surface area contributed by atoms with Crippen LogP contribution < -0.4 is 5.32 Å². The van der Waals surface area contributed by atoms with Crippen molar-refractivity contribution in [3.05, 3.63) is 17.8 Å². The molecule has 1 aromatic rings. The highest BCUT2D eigenvalue weighted by Crippen LogP contribution is 2.04. The SMILES string of the molecule is CCc1cnc(CNC(=O)CCCC(=O)O)o1. The molecule has 1 heterocycles. The summed E-state index contributed by atoms with van der Waals surface area (Å²) in [6, 6.07) is 0. The zero-order valence-electron chi connectivity index (χ0n) is 9.73. The summed E-state index contributed by atoms with van der Waals surface area (Å²) in [5.74, 6) is 0.161. The molecule has 0 unspecified atom stereocenters. The van der Waals surface area contributed by atoms with Gasteiger partial charge in [-0.3, -0.25) is 9.59 Å². The lowest BCUT2D eigenvalue weighted by molar-refractivity contribution is -0.137. The Morgan fingerprint density at radius 3 is 2.82 bits per heavy atom. The molecule has 17 heavy (non-hydrogen) atoms. The summed E-state index contributed by atoms with van der Waals surface area (Å²) in [7, 11) is 0. The van der Waals surface area contributed by atoms with Gasteiger partial charge in [0, 0.05) is 19.3 Å². The Kier molecular flexibility index (Phi) is 5.19. The van der Waals surface area contributed by atoms with E-state index in [4.69, 9.17) is 9.52 Å². The molecule has 0 radical (unpaired) electrons. The van der Waals surface area contributed by atoms with Crippen molar-refractivity contribution in [1.29, 1.82) is 0 Å². The number of nitrogens with one attached hydrogen (secondary N) is 1. The smallest absolute Gasteiger partial charge is 0.303 e. The molecule has 2 N–H and O–H groups in total. The molecule has 0 fully saturated rings. The monoisotopic (exact) mass is 240 g/mol. The Labute approximate surface area is 99.0 Å². The van der Waals surface area contributed by atoms with Crippen LogP contribution in [0, 0.1) is 0 Å². The van der Waals surface area contributed by atoms with E-state index in [1.54, 1.807) is 6.20 Å². The number of hydrogen-bond donors (Lipinski definition) is 2. The fourth-order valence-electron chi connectivity index (χ4n) is 1.26. The van der Waals surface area contributed by atoms with Crippen molar-refractivity contribution >= 4 is 11.9 Å². The molecular formula is C11H16N2O4. The lowest BCUT2D eigenvalue weighted by Crippen LogP contribution is -2.22. The van der Waals surface area contributed by atoms with E-state index >= 15 is 0 Å². The van der Waals surface area contributed by atoms with Crippen molar-refractivity contribution in [3.8, 4) is 0 Å². The van der Waals surface area contributed by atoms with Crippen LogP contribution in [0.5, 0.6) is 0 Å². The minimum absolute atomic E-state index is 0.00635. The molecule has 0 bridgehead atoms. The number of carbonyl (C=O) groups excluding carboxylic acids is 1. The summed E-state index contributed by atoms with van der Waals surface area (Å²) in [4.78, 5) is 25.5. The van der Waals surface area contributed by atoms with Gasteiger partial charge in [0.2, 0.25) is 11.8 Å². The van der Waals surface area contributed by atoms with E-state index in [0.29, 0.717) is 12.3 Å². The molecule has 0 saturated carbocycles. The molecular weight excluding hydrogens is 224 g/mol. The molecule has 1 amide bonds. The molecule has 0 aliphatic rings. The van der Waals surface area contributed by atoms with Crippen LogP contribution in [-0.4, -0.2) is 22.0 Å². The van der Waals surface area contributed by atoms with Crippen molar-refractivity contribution in [2.24, 2.45) is 0 Å². The second-order valence-electron chi connectivity index (χ2n) is 3.60. The average molecular weight is 240 g/mol. The van der Waals surface area contributed by atoms with Crippen molar-refractivity contribution in [2.45, 2.75) is 39.2 Å². The van der Waals surface area contributed by atoms with Gasteiger partial charge < -0.3 is 14.8 Å². The zero-order valence-corrected chi connectivity index (χ0v) is 9.73. The summed E-state index contributed by atoms with van der Waals surface area (Å²) in [5.41, 5.74) is 0. The van der Waals surface area contributed by atoms with Crippen molar-refractivity contribution in [2.75, 3.05) is 0 Å². The van der Waals surface area contributed by atoms with Crippen LogP contribution in [0.25, 0.3) is 0 Å². The highest BCUT2D eigenvalue weighted by atomic mass is 16.4. The fraction of sp³-hybridized carbons (Fsp3) is 0.545. The third-order valence-corrected chi connectivity index (χ3v) is 2.18. The molecule has 0 aliphatic carbocycles. The van der Waals surface area contributed by atoms with Crippen LogP contribution in [0.4, 0.5) is 0 Å². The van der Waals surface area contributed by atoms with Gasteiger partial charge in [-0.2, -0.15) is 0 Å². The van der Waals surface area contributed by atoms with Gasteiger partial charge in [0.25, 0.3) is 0 Å². The number of aromatic nitrogens is 1. The van der Waals surface area contributed by atoms with Crippen LogP contribution in [0.2, 0.25) is 0 Å². The van der Waals surface area contributed by atoms with Gasteiger partial charge in [-0.05, 0) is 6.42 Å². The predicted molar refractivity (Wildman–Crippen MR) is 59.2 cm³/mol. The lowest BCUT2D eigenvalue weighted by Gasteiger charge is -2.01. The summed E-state index contributed by atoms with van der Waals surface area (Å²) in [6.07, 6.45) is 2.94. The number of aliphatic carboxylic acids is 1. The highest BCUT2D eigenvalue weighted by molar-refractivity contribution is 5.76. The maximum Gasteiger partial charge on any atom is 0.303 e. The lowest BCUT2D eigenvalue weighted by atomic mass is 10.2. The van der Waals surface area contributed by atoms with Gasteiger partial charge in [-0.1, -0.05) is 6.92 Å². The first kappa shape index (κ1) is 13.2. The first-order chi connectivity index (χ1) is 8.11. The maximum atomic E-state index is 11.3. The van der Waals surface area contributed by atoms with E-state index in [1.807, 2.05) is 6.92 Å². The number of oxazole rings is 1. The van der Waals surface area contributed by atoms with E-state index in [1.165, 1.54) is 0 Å². The van der Waals surface area contributed by atoms with Crippen LogP contribution in [0.1, 0.15) is 37.8 Å². The largest absolute Gasteiger partial charge is 0.481 e. The van der Waals surface area contributed by atoms with Gasteiger partial charge in [-0.25, -0.2) is 4.98 Å². The van der Waals surface area contributed by atoms with Crippen LogP contribution in [0.3, 0.4) is 0 Å². The van der Waals surface area contributed by atoms with Gasteiger partial charge in [0.1, 0.15) is 5.76 Å². The molecule has 1 rings (SSSR count). The van der Waals surface area contributed by atoms with Gasteiger partial charge in [0.05, 0.1) is 12.7 Å². The Morgan fingerprint density at radius 2 is 2.24 bits per heavy atom. The molecule has 0 atom stereocenters. The summed E-state index contributed by atoms with van der Waals surface area (Å²) in [6.45, 7) is 2.20. The topological polar surface area (TPSA) is 92.4 Å². The van der Waals surface area contributed by atoms with E-state index in [0.717, 1.165) is 12.2 Å². The Balaban J connectivity index is 2.21. The van der Waals surface area contributed by atoms with Crippen LogP contribution in [-0.2, 0) is 22.6 Å². The highest BCUT2D eigenvalue weighted by Gasteiger charge is 2.06. The first-order valence-electron chi connectivity index (χ1n) is 5.54. The molecule has 6 heteroatoms. The average Bonchev–Trinajstić information content (AvgIpc) is 2.73. The predicted octanol–water partition coefficient (Wildman–Crippen LogP) is 1.11. The van der Waals surface area contributed by atoms with Crippen LogP contribution >= 0.6 is 0 Å². The first-order valence-corrected chi connectivity index (χ1v) is 5.54. The summed E-state index contributed by atoms with van der Waals surface area (Å²) in [5, 5.41) is 11.0. The maximum absolute atomic E-state index is 11.3. The van der Waals surface area contributed by atoms with Crippen LogP contribution in [0.15, 0.2) is 10.6 Å². The van der Waals surface area contributed by atoms with E-state index < -0.39 is 5.97 Å². The third kappa shape index (κ3) is 5.14. The number of carboxylic acids is 1. The number of nitrogens with zero attached hydrogens (tertiary/aromatic N) is 1. The summed E-state index contributed by atoms with van der Waals surface area (Å²) >= 11 is 0. The number of rotatable bonds is 7. The molecule has 0 aliphatic heterocycles. The Bertz CT molecular complexity index is 387. The second-order valence-corrected chi connectivity index (χ2v) is 3.60. The molecule has 6 nitrogen and oxygen atoms in total. The van der Waals surface area contributed by atoms with Gasteiger partial charge in [-0.15, -0.1) is 0 Å². The number of aryl methyl sites for hydroxylation is 1. The summed E-state index contributed by atoms with van der Waals surface area (Å²) < 4.78 is 5.31. The third-order valence-electron chi connectivity index (χ3n) is 2.18. The van der Waals surface area contributed by atoms with Crippen molar-refractivity contribution in [3.63, 3.8) is 0 Å². The molecule has 94 valence electrons. The van der Waals surface area contributed by atoms with E-state index in [9.17, 15) is 9.59 Å². The number of amides is 1. The Morgan fingerprint density at radius 1 is 1.47 bits per heavy atom. The normalized spacial score (nSPS) is 10.2. The zero-order chi connectivity index (χ0) is 12.7. The Hall–Kier alpha value is -1.85. The van der Waals surface area contributed by atoms with E-state index in [2.05, 4.69) is 10.3 Å². The molecule has 0 saturated heterocycles. The minimum Gasteiger partial charge on any atom is -0.481 e. The van der Waals surface area contributed by atoms with E-state index in [-0.39, 0.29) is 25.3 Å². The fourth-order valence-corrected chi connectivity index (χ4v) is 1.26. The molecule has 0 spiro atoms. The molecule has 1 aromatic heterocycles. The molecule has 0 aromatic carbocycles. The number of carboxylic acid groups (broad SMARTS) is 1. The quantitative estimate of drug-likeness (QED) is 0.744. The minimum atomic E-state index is -0.891. The number of carbonyl (C=O) groups is 2. The van der Waals surface area contributed by atoms with Gasteiger partial charge in [0.15, 0.2) is 0 Å². The van der Waals surface area contributed by atoms with Crippen molar-refractivity contribution in [1.82, 2.24) is 10.3 Å². The number of hydrogen-bond acceptors (Lipinski definition) is 4. The van der Waals surface area contributed by atoms with Crippen molar-refractivity contribution < 1.29 is 19.1 Å².